The van der Waals surface area contributed by atoms with Gasteiger partial charge < -0.3 is 4.74 Å². The molecule has 0 aliphatic heterocycles. The lowest BCUT2D eigenvalue weighted by Crippen LogP contribution is -1.98. The highest BCUT2D eigenvalue weighted by atomic mass is 35.5. The van der Waals surface area contributed by atoms with Gasteiger partial charge in [0.2, 0.25) is 0 Å². The number of hydrogen-bond donors (Lipinski definition) is 0. The Balaban J connectivity index is 2.07. The van der Waals surface area contributed by atoms with Crippen molar-refractivity contribution in [2.24, 2.45) is 0 Å². The summed E-state index contributed by atoms with van der Waals surface area (Å²) in [5.41, 5.74) is 0. The molecule has 0 saturated carbocycles. The molecule has 0 atom stereocenters. The summed E-state index contributed by atoms with van der Waals surface area (Å²) >= 11 is 18.0. The molecule has 1 rings (SSSR count). The molecular formula is C17H25Cl3O. The molecule has 0 fully saturated rings. The van der Waals surface area contributed by atoms with Gasteiger partial charge in [-0.25, -0.2) is 0 Å². The van der Waals surface area contributed by atoms with E-state index in [4.69, 9.17) is 39.5 Å². The van der Waals surface area contributed by atoms with Crippen LogP contribution in [0.25, 0.3) is 0 Å². The molecule has 0 bridgehead atoms. The fraction of sp³-hybridized carbons (Fsp3) is 0.647. The zero-order valence-corrected chi connectivity index (χ0v) is 15.0. The van der Waals surface area contributed by atoms with Crippen LogP contribution < -0.4 is 4.74 Å². The van der Waals surface area contributed by atoms with Crippen LogP contribution in [0.15, 0.2) is 12.1 Å². The molecule has 1 nitrogen and oxygen atoms in total. The molecule has 0 heterocycles. The first-order chi connectivity index (χ1) is 10.1. The third-order valence-electron chi connectivity index (χ3n) is 3.46. The lowest BCUT2D eigenvalue weighted by molar-refractivity contribution is 0.304. The van der Waals surface area contributed by atoms with Crippen LogP contribution >= 0.6 is 34.8 Å². The molecule has 120 valence electrons. The third-order valence-corrected chi connectivity index (χ3v) is 4.24. The summed E-state index contributed by atoms with van der Waals surface area (Å²) in [7, 11) is 0. The van der Waals surface area contributed by atoms with Crippen LogP contribution in [-0.4, -0.2) is 6.61 Å². The van der Waals surface area contributed by atoms with Gasteiger partial charge in [-0.3, -0.25) is 0 Å². The van der Waals surface area contributed by atoms with Gasteiger partial charge >= 0.3 is 0 Å². The highest BCUT2D eigenvalue weighted by Crippen LogP contribution is 2.35. The molecule has 1 aromatic carbocycles. The van der Waals surface area contributed by atoms with Gasteiger partial charge in [-0.05, 0) is 18.6 Å². The highest BCUT2D eigenvalue weighted by Gasteiger charge is 2.08. The fourth-order valence-electron chi connectivity index (χ4n) is 2.25. The van der Waals surface area contributed by atoms with E-state index in [1.54, 1.807) is 12.1 Å². The van der Waals surface area contributed by atoms with E-state index in [-0.39, 0.29) is 0 Å². The van der Waals surface area contributed by atoms with E-state index in [0.29, 0.717) is 27.4 Å². The predicted octanol–water partition coefficient (Wildman–Crippen LogP) is 7.56. The van der Waals surface area contributed by atoms with Crippen LogP contribution in [0.1, 0.15) is 64.7 Å². The molecular weight excluding hydrogens is 327 g/mol. The first-order valence-corrected chi connectivity index (χ1v) is 9.06. The SMILES string of the molecule is CCCCCCCCCCCOc1c(Cl)cc(Cl)cc1Cl. The Labute approximate surface area is 143 Å². The van der Waals surface area contributed by atoms with Crippen molar-refractivity contribution in [1.82, 2.24) is 0 Å². The van der Waals surface area contributed by atoms with Crippen LogP contribution in [0.5, 0.6) is 5.75 Å². The smallest absolute Gasteiger partial charge is 0.156 e. The van der Waals surface area contributed by atoms with E-state index >= 15 is 0 Å². The molecule has 21 heavy (non-hydrogen) atoms. The Kier molecular flexibility index (Phi) is 10.3. The average Bonchev–Trinajstić information content (AvgIpc) is 2.43. The maximum Gasteiger partial charge on any atom is 0.156 e. The van der Waals surface area contributed by atoms with Gasteiger partial charge in [-0.2, -0.15) is 0 Å². The number of ether oxygens (including phenoxy) is 1. The van der Waals surface area contributed by atoms with E-state index < -0.39 is 0 Å². The number of rotatable bonds is 11. The topological polar surface area (TPSA) is 9.23 Å². The van der Waals surface area contributed by atoms with E-state index in [9.17, 15) is 0 Å². The number of hydrogen-bond acceptors (Lipinski definition) is 1. The molecule has 0 aliphatic carbocycles. The van der Waals surface area contributed by atoms with Crippen LogP contribution in [0, 0.1) is 0 Å². The Morgan fingerprint density at radius 3 is 1.76 bits per heavy atom. The molecule has 0 radical (unpaired) electrons. The number of benzene rings is 1. The number of unbranched alkanes of at least 4 members (excludes halogenated alkanes) is 8. The van der Waals surface area contributed by atoms with Crippen molar-refractivity contribution in [2.75, 3.05) is 6.61 Å². The molecule has 0 aromatic heterocycles. The lowest BCUT2D eigenvalue weighted by Gasteiger charge is -2.10. The van der Waals surface area contributed by atoms with Gasteiger partial charge in [0.15, 0.2) is 5.75 Å². The van der Waals surface area contributed by atoms with Crippen molar-refractivity contribution in [3.63, 3.8) is 0 Å². The van der Waals surface area contributed by atoms with Gasteiger partial charge in [0, 0.05) is 5.02 Å². The third kappa shape index (κ3) is 8.18. The monoisotopic (exact) mass is 350 g/mol. The van der Waals surface area contributed by atoms with E-state index in [2.05, 4.69) is 6.92 Å². The molecule has 4 heteroatoms. The number of halogens is 3. The molecule has 0 amide bonds. The maximum absolute atomic E-state index is 6.06. The second kappa shape index (κ2) is 11.5. The first kappa shape index (κ1) is 18.9. The summed E-state index contributed by atoms with van der Waals surface area (Å²) in [5.74, 6) is 0.544. The van der Waals surface area contributed by atoms with E-state index in [1.807, 2.05) is 0 Å². The summed E-state index contributed by atoms with van der Waals surface area (Å²) in [5, 5.41) is 1.48. The lowest BCUT2D eigenvalue weighted by atomic mass is 10.1. The van der Waals surface area contributed by atoms with Gasteiger partial charge in [0.05, 0.1) is 16.7 Å². The normalized spacial score (nSPS) is 10.9. The standard InChI is InChI=1S/C17H25Cl3O/c1-2-3-4-5-6-7-8-9-10-11-21-17-15(19)12-14(18)13-16(17)20/h12-13H,2-11H2,1H3. The Morgan fingerprint density at radius 2 is 1.24 bits per heavy atom. The Hall–Kier alpha value is -0.110. The van der Waals surface area contributed by atoms with Gasteiger partial charge in [0.1, 0.15) is 0 Å². The molecule has 0 aliphatic rings. The van der Waals surface area contributed by atoms with Crippen LogP contribution in [0.4, 0.5) is 0 Å². The molecule has 0 unspecified atom stereocenters. The zero-order chi connectivity index (χ0) is 15.5. The van der Waals surface area contributed by atoms with Crippen molar-refractivity contribution >= 4 is 34.8 Å². The second-order valence-corrected chi connectivity index (χ2v) is 6.63. The summed E-state index contributed by atoms with van der Waals surface area (Å²) < 4.78 is 5.66. The summed E-state index contributed by atoms with van der Waals surface area (Å²) in [6.45, 7) is 2.90. The quantitative estimate of drug-likeness (QED) is 0.374. The zero-order valence-electron chi connectivity index (χ0n) is 12.8. The van der Waals surface area contributed by atoms with Crippen molar-refractivity contribution < 1.29 is 4.74 Å². The fourth-order valence-corrected chi connectivity index (χ4v) is 3.18. The first-order valence-electron chi connectivity index (χ1n) is 7.92. The molecule has 0 N–H and O–H groups in total. The molecule has 0 spiro atoms. The highest BCUT2D eigenvalue weighted by molar-refractivity contribution is 6.40. The van der Waals surface area contributed by atoms with Crippen LogP contribution in [0.2, 0.25) is 15.1 Å². The summed E-state index contributed by atoms with van der Waals surface area (Å²) in [6, 6.07) is 3.31. The van der Waals surface area contributed by atoms with Crippen LogP contribution in [-0.2, 0) is 0 Å². The van der Waals surface area contributed by atoms with E-state index in [0.717, 1.165) is 6.42 Å². The molecule has 0 saturated heterocycles. The van der Waals surface area contributed by atoms with Crippen molar-refractivity contribution in [2.45, 2.75) is 64.7 Å². The average molecular weight is 352 g/mol. The minimum atomic E-state index is 0.475. The maximum atomic E-state index is 6.06. The van der Waals surface area contributed by atoms with E-state index in [1.165, 1.54) is 51.4 Å². The summed E-state index contributed by atoms with van der Waals surface area (Å²) in [6.07, 6.45) is 11.6. The molecule has 1 aromatic rings. The largest absolute Gasteiger partial charge is 0.490 e. The Morgan fingerprint density at radius 1 is 0.762 bits per heavy atom. The van der Waals surface area contributed by atoms with Gasteiger partial charge in [-0.1, -0.05) is 93.1 Å². The van der Waals surface area contributed by atoms with Gasteiger partial charge in [-0.15, -0.1) is 0 Å². The van der Waals surface area contributed by atoms with Crippen molar-refractivity contribution in [1.29, 1.82) is 0 Å². The Bertz CT molecular complexity index is 384. The van der Waals surface area contributed by atoms with Gasteiger partial charge in [0.25, 0.3) is 0 Å². The van der Waals surface area contributed by atoms with Crippen molar-refractivity contribution in [3.8, 4) is 5.75 Å². The second-order valence-electron chi connectivity index (χ2n) is 5.38. The van der Waals surface area contributed by atoms with Crippen molar-refractivity contribution in [3.05, 3.63) is 27.2 Å². The minimum absolute atomic E-state index is 0.475. The predicted molar refractivity (Wildman–Crippen MR) is 94.2 cm³/mol. The summed E-state index contributed by atoms with van der Waals surface area (Å²) in [4.78, 5) is 0. The minimum Gasteiger partial charge on any atom is -0.490 e. The van der Waals surface area contributed by atoms with Crippen LogP contribution in [0.3, 0.4) is 0 Å².